The fraction of sp³-hybridized carbons (Fsp3) is 0.0556. The van der Waals surface area contributed by atoms with Crippen LogP contribution in [0.25, 0.3) is 17.4 Å². The number of non-ortho nitro benzene ring substituents is 1. The molecular weight excluding hydrogens is 386 g/mol. The molecule has 0 saturated carbocycles. The molecule has 7 nitrogen and oxygen atoms in total. The fourth-order valence-electron chi connectivity index (χ4n) is 2.65. The Morgan fingerprint density at radius 3 is 2.67 bits per heavy atom. The Morgan fingerprint density at radius 2 is 2.00 bits per heavy atom. The first-order valence-electron chi connectivity index (χ1n) is 7.79. The molecule has 3 aromatic rings. The van der Waals surface area contributed by atoms with E-state index in [0.717, 1.165) is 11.8 Å². The summed E-state index contributed by atoms with van der Waals surface area (Å²) in [6, 6.07) is 9.49. The lowest BCUT2D eigenvalue weighted by molar-refractivity contribution is -0.384. The number of rotatable bonds is 4. The van der Waals surface area contributed by atoms with E-state index in [1.807, 2.05) is 0 Å². The first kappa shape index (κ1) is 17.4. The molecule has 134 valence electrons. The number of benzene rings is 1. The number of aromatic nitrogens is 1. The minimum atomic E-state index is -0.634. The molecule has 0 aliphatic carbocycles. The highest BCUT2D eigenvalue weighted by Gasteiger charge is 2.38. The van der Waals surface area contributed by atoms with Crippen LogP contribution in [0.3, 0.4) is 0 Å². The van der Waals surface area contributed by atoms with Crippen molar-refractivity contribution in [3.05, 3.63) is 73.8 Å². The molecule has 9 heteroatoms. The van der Waals surface area contributed by atoms with Gasteiger partial charge >= 0.3 is 0 Å². The molecule has 1 fully saturated rings. The summed E-state index contributed by atoms with van der Waals surface area (Å²) in [5.41, 5.74) is 0.705. The molecule has 0 unspecified atom stereocenters. The zero-order chi connectivity index (χ0) is 19.0. The Morgan fingerprint density at radius 1 is 1.22 bits per heavy atom. The number of nitrogens with one attached hydrogen (secondary N) is 1. The van der Waals surface area contributed by atoms with E-state index in [2.05, 4.69) is 4.98 Å². The number of allylic oxidation sites excluding steroid dienone is 1. The minimum absolute atomic E-state index is 0.00680. The summed E-state index contributed by atoms with van der Waals surface area (Å²) in [6.07, 6.45) is 3.24. The smallest absolute Gasteiger partial charge is 0.269 e. The number of furan rings is 1. The lowest BCUT2D eigenvalue weighted by atomic mass is 10.1. The van der Waals surface area contributed by atoms with Crippen molar-refractivity contribution >= 4 is 45.7 Å². The minimum Gasteiger partial charge on any atom is -0.457 e. The molecule has 0 radical (unpaired) electrons. The molecule has 0 spiro atoms. The third-order valence-corrected chi connectivity index (χ3v) is 5.78. The number of nitro groups is 1. The standard InChI is InChI=1S/C18H11N3O4S2/c19-17-15(18-20-7-8-26-18)16(22)14(27-17)9-12-5-6-13(25-12)10-1-3-11(4-2-10)21(23)24/h1-9,15,19H/b14-9-,19-17?/t15-/m1/s1. The number of thiazole rings is 1. The first-order chi connectivity index (χ1) is 13.0. The summed E-state index contributed by atoms with van der Waals surface area (Å²) < 4.78 is 5.75. The van der Waals surface area contributed by atoms with Crippen LogP contribution in [0.4, 0.5) is 5.69 Å². The van der Waals surface area contributed by atoms with E-state index in [4.69, 9.17) is 9.83 Å². The molecule has 1 aromatic carbocycles. The zero-order valence-electron chi connectivity index (χ0n) is 13.6. The van der Waals surface area contributed by atoms with Crippen molar-refractivity contribution in [3.8, 4) is 11.3 Å². The van der Waals surface area contributed by atoms with E-state index >= 15 is 0 Å². The number of nitro benzene ring substituents is 1. The Bertz CT molecular complexity index is 1070. The zero-order valence-corrected chi connectivity index (χ0v) is 15.3. The molecule has 2 aromatic heterocycles. The molecule has 0 amide bonds. The van der Waals surface area contributed by atoms with Gasteiger partial charge in [0.25, 0.3) is 5.69 Å². The highest BCUT2D eigenvalue weighted by atomic mass is 32.2. The van der Waals surface area contributed by atoms with Gasteiger partial charge in [0, 0.05) is 29.3 Å². The molecule has 1 aliphatic heterocycles. The number of thioether (sulfide) groups is 1. The molecule has 3 heterocycles. The molecule has 1 saturated heterocycles. The van der Waals surface area contributed by atoms with Crippen molar-refractivity contribution in [2.24, 2.45) is 0 Å². The quantitative estimate of drug-likeness (QED) is 0.387. The maximum Gasteiger partial charge on any atom is 0.269 e. The normalized spacial score (nSPS) is 18.4. The monoisotopic (exact) mass is 397 g/mol. The van der Waals surface area contributed by atoms with Gasteiger partial charge in [0.15, 0.2) is 5.78 Å². The molecular formula is C18H11N3O4S2. The maximum absolute atomic E-state index is 12.6. The number of ketones is 1. The number of Topliss-reactive ketones (excluding diaryl/α,β-unsaturated/α-hetero) is 1. The Kier molecular flexibility index (Phi) is 4.46. The molecule has 0 bridgehead atoms. The number of carbonyl (C=O) groups excluding carboxylic acids is 1. The van der Waals surface area contributed by atoms with Crippen molar-refractivity contribution in [3.63, 3.8) is 0 Å². The summed E-state index contributed by atoms with van der Waals surface area (Å²) in [4.78, 5) is 27.5. The van der Waals surface area contributed by atoms with Crippen molar-refractivity contribution in [2.75, 3.05) is 0 Å². The van der Waals surface area contributed by atoms with E-state index in [1.54, 1.807) is 41.9 Å². The predicted molar refractivity (Wildman–Crippen MR) is 104 cm³/mol. The van der Waals surface area contributed by atoms with Gasteiger partial charge in [0.05, 0.1) is 14.9 Å². The summed E-state index contributed by atoms with van der Waals surface area (Å²) in [5, 5.41) is 21.5. The number of hydrogen-bond donors (Lipinski definition) is 1. The van der Waals surface area contributed by atoms with Crippen LogP contribution >= 0.6 is 23.1 Å². The van der Waals surface area contributed by atoms with E-state index in [1.165, 1.54) is 23.5 Å². The van der Waals surface area contributed by atoms with Gasteiger partial charge in [0.2, 0.25) is 0 Å². The van der Waals surface area contributed by atoms with E-state index in [0.29, 0.717) is 27.0 Å². The van der Waals surface area contributed by atoms with Crippen LogP contribution in [0.5, 0.6) is 0 Å². The second-order valence-corrected chi connectivity index (χ2v) is 7.66. The average Bonchev–Trinajstić information content (AvgIpc) is 3.38. The van der Waals surface area contributed by atoms with Gasteiger partial charge in [-0.2, -0.15) is 0 Å². The second kappa shape index (κ2) is 6.93. The van der Waals surface area contributed by atoms with Crippen LogP contribution in [0.2, 0.25) is 0 Å². The largest absolute Gasteiger partial charge is 0.457 e. The molecule has 4 rings (SSSR count). The van der Waals surface area contributed by atoms with Crippen molar-refractivity contribution in [1.29, 1.82) is 5.41 Å². The number of hydrogen-bond acceptors (Lipinski definition) is 8. The van der Waals surface area contributed by atoms with E-state index in [9.17, 15) is 14.9 Å². The van der Waals surface area contributed by atoms with Gasteiger partial charge < -0.3 is 4.42 Å². The Balaban J connectivity index is 1.58. The van der Waals surface area contributed by atoms with E-state index in [-0.39, 0.29) is 16.5 Å². The average molecular weight is 397 g/mol. The lowest BCUT2D eigenvalue weighted by Crippen LogP contribution is -2.11. The van der Waals surface area contributed by atoms with Crippen LogP contribution in [0.15, 0.2) is 57.3 Å². The van der Waals surface area contributed by atoms with Crippen molar-refractivity contribution in [2.45, 2.75) is 5.92 Å². The van der Waals surface area contributed by atoms with Gasteiger partial charge in [-0.1, -0.05) is 11.8 Å². The van der Waals surface area contributed by atoms with Crippen LogP contribution in [-0.2, 0) is 4.79 Å². The van der Waals surface area contributed by atoms with Gasteiger partial charge in [-0.25, -0.2) is 4.98 Å². The number of nitrogens with zero attached hydrogens (tertiary/aromatic N) is 2. The second-order valence-electron chi connectivity index (χ2n) is 5.65. The van der Waals surface area contributed by atoms with Crippen molar-refractivity contribution < 1.29 is 14.1 Å². The highest BCUT2D eigenvalue weighted by Crippen LogP contribution is 2.41. The molecule has 1 N–H and O–H groups in total. The fourth-order valence-corrected chi connectivity index (χ4v) is 4.44. The summed E-state index contributed by atoms with van der Waals surface area (Å²) in [7, 11) is 0. The summed E-state index contributed by atoms with van der Waals surface area (Å²) >= 11 is 2.47. The van der Waals surface area contributed by atoms with Gasteiger partial charge in [-0.3, -0.25) is 20.3 Å². The topological polar surface area (TPSA) is 110 Å². The van der Waals surface area contributed by atoms with E-state index < -0.39 is 10.8 Å². The summed E-state index contributed by atoms with van der Waals surface area (Å²) in [5.74, 6) is 0.226. The SMILES string of the molecule is N=C1S/C(=C\c2ccc(-c3ccc([N+](=O)[O-])cc3)o2)C(=O)[C@H]1c1nccs1. The Hall–Kier alpha value is -3.04. The molecule has 1 aliphatic rings. The van der Waals surface area contributed by atoms with Crippen LogP contribution in [-0.4, -0.2) is 20.7 Å². The lowest BCUT2D eigenvalue weighted by Gasteiger charge is -2.01. The van der Waals surface area contributed by atoms with Gasteiger partial charge in [-0.15, -0.1) is 11.3 Å². The highest BCUT2D eigenvalue weighted by molar-refractivity contribution is 8.19. The molecule has 27 heavy (non-hydrogen) atoms. The Labute approximate surface area is 161 Å². The maximum atomic E-state index is 12.6. The van der Waals surface area contributed by atoms with Gasteiger partial charge in [-0.05, 0) is 30.3 Å². The third kappa shape index (κ3) is 3.34. The first-order valence-corrected chi connectivity index (χ1v) is 9.49. The van der Waals surface area contributed by atoms with Crippen LogP contribution in [0, 0.1) is 15.5 Å². The molecule has 1 atom stereocenters. The third-order valence-electron chi connectivity index (χ3n) is 3.95. The van der Waals surface area contributed by atoms with Crippen molar-refractivity contribution in [1.82, 2.24) is 4.98 Å². The predicted octanol–water partition coefficient (Wildman–Crippen LogP) is 4.73. The summed E-state index contributed by atoms with van der Waals surface area (Å²) in [6.45, 7) is 0. The number of carbonyl (C=O) groups is 1. The van der Waals surface area contributed by atoms with Crippen LogP contribution in [0.1, 0.15) is 16.7 Å². The van der Waals surface area contributed by atoms with Crippen LogP contribution < -0.4 is 0 Å². The van der Waals surface area contributed by atoms with Gasteiger partial charge in [0.1, 0.15) is 22.4 Å².